The molecule has 1 aliphatic heterocycles. The number of aromatic nitrogens is 2. The van der Waals surface area contributed by atoms with Gasteiger partial charge in [0.2, 0.25) is 5.91 Å². The lowest BCUT2D eigenvalue weighted by molar-refractivity contribution is -0.136. The maximum absolute atomic E-state index is 13.3. The minimum Gasteiger partial charge on any atom is -0.391 e. The van der Waals surface area contributed by atoms with Gasteiger partial charge in [0.1, 0.15) is 17.6 Å². The average Bonchev–Trinajstić information content (AvgIpc) is 3.19. The highest BCUT2D eigenvalue weighted by Gasteiger charge is 2.30. The van der Waals surface area contributed by atoms with Crippen LogP contribution in [0.4, 0.5) is 4.39 Å². The van der Waals surface area contributed by atoms with Crippen molar-refractivity contribution in [1.82, 2.24) is 20.2 Å². The molecule has 1 saturated heterocycles. The Morgan fingerprint density at radius 2 is 2.10 bits per heavy atom. The number of rotatable bonds is 5. The van der Waals surface area contributed by atoms with E-state index < -0.39 is 18.1 Å². The second kappa shape index (κ2) is 8.62. The number of piperidine rings is 1. The number of carbonyl (C=O) groups excluding carboxylic acids is 2. The molecule has 30 heavy (non-hydrogen) atoms. The van der Waals surface area contributed by atoms with Crippen molar-refractivity contribution in [1.29, 1.82) is 0 Å². The second-order valence-corrected chi connectivity index (χ2v) is 7.58. The Hall–Kier alpha value is -3.26. The molecule has 2 aromatic heterocycles. The molecule has 0 radical (unpaired) electrons. The van der Waals surface area contributed by atoms with E-state index in [-0.39, 0.29) is 24.7 Å². The molecule has 156 valence electrons. The van der Waals surface area contributed by atoms with Crippen molar-refractivity contribution >= 4 is 22.7 Å². The summed E-state index contributed by atoms with van der Waals surface area (Å²) in [6.07, 6.45) is 4.29. The molecule has 3 N–H and O–H groups in total. The first kappa shape index (κ1) is 20.0. The molecular weight excluding hydrogens is 387 g/mol. The lowest BCUT2D eigenvalue weighted by Gasteiger charge is -2.33. The van der Waals surface area contributed by atoms with Gasteiger partial charge in [-0.25, -0.2) is 4.39 Å². The maximum atomic E-state index is 13.3. The van der Waals surface area contributed by atoms with Crippen LogP contribution in [-0.4, -0.2) is 57.0 Å². The van der Waals surface area contributed by atoms with Gasteiger partial charge in [0.15, 0.2) is 0 Å². The predicted octanol–water partition coefficient (Wildman–Crippen LogP) is 2.03. The van der Waals surface area contributed by atoms with E-state index in [9.17, 15) is 19.1 Å². The minimum absolute atomic E-state index is 0.221. The summed E-state index contributed by atoms with van der Waals surface area (Å²) in [5, 5.41) is 13.6. The maximum Gasteiger partial charge on any atom is 0.268 e. The van der Waals surface area contributed by atoms with Crippen molar-refractivity contribution in [2.45, 2.75) is 31.4 Å². The summed E-state index contributed by atoms with van der Waals surface area (Å²) in [6.45, 7) is 0.774. The molecular formula is C22H23FN4O3. The highest BCUT2D eigenvalue weighted by Crippen LogP contribution is 2.16. The quantitative estimate of drug-likeness (QED) is 0.599. The van der Waals surface area contributed by atoms with Gasteiger partial charge in [-0.05, 0) is 42.7 Å². The number of aliphatic hydroxyl groups is 1. The molecule has 3 heterocycles. The van der Waals surface area contributed by atoms with Crippen LogP contribution < -0.4 is 5.32 Å². The molecule has 2 amide bonds. The number of aromatic amines is 1. The summed E-state index contributed by atoms with van der Waals surface area (Å²) in [4.78, 5) is 34.7. The number of carbonyl (C=O) groups is 2. The van der Waals surface area contributed by atoms with E-state index in [1.165, 1.54) is 12.1 Å². The first-order valence-electron chi connectivity index (χ1n) is 9.94. The zero-order valence-corrected chi connectivity index (χ0v) is 16.3. The van der Waals surface area contributed by atoms with Gasteiger partial charge < -0.3 is 20.3 Å². The van der Waals surface area contributed by atoms with Gasteiger partial charge in [-0.1, -0.05) is 12.1 Å². The Bertz CT molecular complexity index is 1020. The Morgan fingerprint density at radius 3 is 2.83 bits per heavy atom. The van der Waals surface area contributed by atoms with Crippen LogP contribution in [0.15, 0.2) is 48.8 Å². The van der Waals surface area contributed by atoms with Gasteiger partial charge in [0.25, 0.3) is 5.91 Å². The molecule has 0 bridgehead atoms. The second-order valence-electron chi connectivity index (χ2n) is 7.58. The van der Waals surface area contributed by atoms with Crippen molar-refractivity contribution < 1.29 is 19.1 Å². The fourth-order valence-electron chi connectivity index (χ4n) is 3.76. The third kappa shape index (κ3) is 4.49. The van der Waals surface area contributed by atoms with Gasteiger partial charge in [-0.15, -0.1) is 0 Å². The number of halogens is 1. The van der Waals surface area contributed by atoms with Gasteiger partial charge in [-0.2, -0.15) is 0 Å². The van der Waals surface area contributed by atoms with E-state index in [1.54, 1.807) is 41.6 Å². The number of fused-ring (bicyclic) bond motifs is 1. The van der Waals surface area contributed by atoms with Crippen molar-refractivity contribution in [2.75, 3.05) is 13.1 Å². The Morgan fingerprint density at radius 1 is 1.30 bits per heavy atom. The van der Waals surface area contributed by atoms with Gasteiger partial charge in [-0.3, -0.25) is 14.6 Å². The fourth-order valence-corrected chi connectivity index (χ4v) is 3.76. The van der Waals surface area contributed by atoms with Gasteiger partial charge in [0, 0.05) is 31.1 Å². The van der Waals surface area contributed by atoms with Crippen molar-refractivity contribution in [3.63, 3.8) is 0 Å². The number of hydrogen-bond donors (Lipinski definition) is 3. The summed E-state index contributed by atoms with van der Waals surface area (Å²) in [5.74, 6) is -1.04. The number of nitrogens with zero attached hydrogens (tertiary/aromatic N) is 2. The third-order valence-electron chi connectivity index (χ3n) is 5.33. The molecule has 0 saturated carbocycles. The molecule has 1 unspecified atom stereocenters. The molecule has 0 aliphatic carbocycles. The Balaban J connectivity index is 1.55. The van der Waals surface area contributed by atoms with Crippen LogP contribution in [0.1, 0.15) is 28.9 Å². The fraction of sp³-hybridized carbons (Fsp3) is 0.318. The number of nitrogens with one attached hydrogen (secondary N) is 2. The largest absolute Gasteiger partial charge is 0.391 e. The van der Waals surface area contributed by atoms with E-state index >= 15 is 0 Å². The molecule has 7 nitrogen and oxygen atoms in total. The first-order valence-corrected chi connectivity index (χ1v) is 9.94. The van der Waals surface area contributed by atoms with Crippen LogP contribution in [0, 0.1) is 5.82 Å². The van der Waals surface area contributed by atoms with E-state index in [0.29, 0.717) is 25.1 Å². The Kier molecular flexibility index (Phi) is 5.76. The molecule has 1 aliphatic rings. The number of H-pyrrole nitrogens is 1. The predicted molar refractivity (Wildman–Crippen MR) is 109 cm³/mol. The van der Waals surface area contributed by atoms with Gasteiger partial charge >= 0.3 is 0 Å². The van der Waals surface area contributed by atoms with E-state index in [1.807, 2.05) is 0 Å². The number of amides is 2. The van der Waals surface area contributed by atoms with Crippen molar-refractivity contribution in [3.8, 4) is 0 Å². The number of pyridine rings is 1. The molecule has 4 rings (SSSR count). The lowest BCUT2D eigenvalue weighted by Crippen LogP contribution is -2.53. The van der Waals surface area contributed by atoms with Crippen LogP contribution >= 0.6 is 0 Å². The zero-order valence-electron chi connectivity index (χ0n) is 16.3. The minimum atomic E-state index is -0.835. The average molecular weight is 410 g/mol. The van der Waals surface area contributed by atoms with Crippen LogP contribution in [0.2, 0.25) is 0 Å². The highest BCUT2D eigenvalue weighted by molar-refractivity contribution is 6.00. The summed E-state index contributed by atoms with van der Waals surface area (Å²) >= 11 is 0. The summed E-state index contributed by atoms with van der Waals surface area (Å²) in [5.41, 5.74) is 1.78. The van der Waals surface area contributed by atoms with Gasteiger partial charge in [0.05, 0.1) is 17.8 Å². The topological polar surface area (TPSA) is 98.3 Å². The molecule has 3 aromatic rings. The summed E-state index contributed by atoms with van der Waals surface area (Å²) in [6, 6.07) is 8.51. The molecule has 8 heteroatoms. The number of β-amino-alcohol motifs (C(OH)–C–C–N with tert-alkyl or cyclic N) is 1. The monoisotopic (exact) mass is 410 g/mol. The summed E-state index contributed by atoms with van der Waals surface area (Å²) in [7, 11) is 0. The lowest BCUT2D eigenvalue weighted by atomic mass is 10.0. The SMILES string of the molecule is O=C(NC(Cc1ccc(F)cc1)C(=O)N1CCC[C@@H](O)C1)c1cc2ccncc2[nH]1. The number of aliphatic hydroxyl groups excluding tert-OH is 1. The van der Waals surface area contributed by atoms with Crippen LogP contribution in [0.25, 0.3) is 10.9 Å². The van der Waals surface area contributed by atoms with Crippen molar-refractivity contribution in [3.05, 3.63) is 65.9 Å². The van der Waals surface area contributed by atoms with Crippen LogP contribution in [0.5, 0.6) is 0 Å². The molecule has 0 spiro atoms. The molecule has 1 aromatic carbocycles. The van der Waals surface area contributed by atoms with Crippen LogP contribution in [-0.2, 0) is 11.2 Å². The first-order chi connectivity index (χ1) is 14.5. The standard InChI is InChI=1S/C22H23FN4O3/c23-16-5-3-14(4-6-16)10-19(22(30)27-9-1-2-17(28)13-27)26-21(29)18-11-15-7-8-24-12-20(15)25-18/h3-8,11-12,17,19,25,28H,1-2,9-10,13H2,(H,26,29)/t17-,19?/m1/s1. The summed E-state index contributed by atoms with van der Waals surface area (Å²) < 4.78 is 13.3. The molecule has 1 fully saturated rings. The smallest absolute Gasteiger partial charge is 0.268 e. The molecule has 2 atom stereocenters. The van der Waals surface area contributed by atoms with E-state index in [4.69, 9.17) is 0 Å². The van der Waals surface area contributed by atoms with E-state index in [2.05, 4.69) is 15.3 Å². The normalized spacial score (nSPS) is 17.7. The third-order valence-corrected chi connectivity index (χ3v) is 5.33. The van der Waals surface area contributed by atoms with Crippen LogP contribution in [0.3, 0.4) is 0 Å². The zero-order chi connectivity index (χ0) is 21.1. The van der Waals surface area contributed by atoms with E-state index in [0.717, 1.165) is 16.5 Å². The number of hydrogen-bond acceptors (Lipinski definition) is 4. The van der Waals surface area contributed by atoms with Crippen molar-refractivity contribution in [2.24, 2.45) is 0 Å². The number of likely N-dealkylation sites (tertiary alicyclic amines) is 1. The highest BCUT2D eigenvalue weighted by atomic mass is 19.1. The number of benzene rings is 1. The Labute approximate surface area is 172 Å².